The van der Waals surface area contributed by atoms with Gasteiger partial charge in [0.15, 0.2) is 0 Å². The van der Waals surface area contributed by atoms with Crippen LogP contribution in [0.25, 0.3) is 0 Å². The average molecular weight is 361 g/mol. The fourth-order valence-corrected chi connectivity index (χ4v) is 3.73. The lowest BCUT2D eigenvalue weighted by molar-refractivity contribution is -0.116. The Bertz CT molecular complexity index is 732. The number of hydrogen-bond acceptors (Lipinski definition) is 3. The van der Waals surface area contributed by atoms with Crippen molar-refractivity contribution >= 4 is 24.0 Å². The van der Waals surface area contributed by atoms with Crippen molar-refractivity contribution in [2.24, 2.45) is 0 Å². The van der Waals surface area contributed by atoms with Crippen LogP contribution in [0.5, 0.6) is 0 Å². The third-order valence-corrected chi connectivity index (χ3v) is 4.97. The quantitative estimate of drug-likeness (QED) is 0.881. The molecule has 0 spiro atoms. The van der Waals surface area contributed by atoms with Gasteiger partial charge in [0.05, 0.1) is 11.4 Å². The molecule has 1 aromatic carbocycles. The Hall–Kier alpha value is -1.85. The minimum absolute atomic E-state index is 0. The van der Waals surface area contributed by atoms with Crippen molar-refractivity contribution in [1.82, 2.24) is 15.1 Å². The van der Waals surface area contributed by atoms with E-state index >= 15 is 0 Å². The Kier molecular flexibility index (Phi) is 5.76. The molecule has 2 heterocycles. The molecule has 134 valence electrons. The summed E-state index contributed by atoms with van der Waals surface area (Å²) in [6.45, 7) is 2.88. The zero-order chi connectivity index (χ0) is 16.4. The molecule has 5 nitrogen and oxygen atoms in total. The van der Waals surface area contributed by atoms with Gasteiger partial charge in [-0.15, -0.1) is 12.4 Å². The minimum atomic E-state index is 0. The topological polar surface area (TPSA) is 59.0 Å². The number of amides is 1. The van der Waals surface area contributed by atoms with Crippen molar-refractivity contribution in [3.05, 3.63) is 46.8 Å². The first-order valence-corrected chi connectivity index (χ1v) is 8.96. The fourth-order valence-electron chi connectivity index (χ4n) is 3.73. The van der Waals surface area contributed by atoms with Crippen molar-refractivity contribution in [2.45, 2.75) is 51.6 Å². The smallest absolute Gasteiger partial charge is 0.224 e. The molecule has 1 aliphatic carbocycles. The highest BCUT2D eigenvalue weighted by Crippen LogP contribution is 2.28. The van der Waals surface area contributed by atoms with Gasteiger partial charge in [-0.3, -0.25) is 9.48 Å². The van der Waals surface area contributed by atoms with E-state index in [1.54, 1.807) is 0 Å². The van der Waals surface area contributed by atoms with Gasteiger partial charge in [-0.1, -0.05) is 12.1 Å². The van der Waals surface area contributed by atoms with Gasteiger partial charge in [0.1, 0.15) is 0 Å². The molecule has 0 bridgehead atoms. The first-order chi connectivity index (χ1) is 11.8. The second-order valence-electron chi connectivity index (χ2n) is 6.73. The van der Waals surface area contributed by atoms with Crippen LogP contribution in [0, 0.1) is 0 Å². The van der Waals surface area contributed by atoms with Gasteiger partial charge >= 0.3 is 0 Å². The molecule has 0 atom stereocenters. The fraction of sp³-hybridized carbons (Fsp3) is 0.474. The van der Waals surface area contributed by atoms with Gasteiger partial charge in [-0.2, -0.15) is 5.10 Å². The molecule has 1 amide bonds. The van der Waals surface area contributed by atoms with Gasteiger partial charge in [0.2, 0.25) is 5.91 Å². The molecule has 0 saturated heterocycles. The maximum absolute atomic E-state index is 12.3. The van der Waals surface area contributed by atoms with Gasteiger partial charge in [-0.05, 0) is 55.5 Å². The molecule has 4 rings (SSSR count). The Morgan fingerprint density at radius 1 is 1.28 bits per heavy atom. The highest BCUT2D eigenvalue weighted by molar-refractivity contribution is 5.91. The van der Waals surface area contributed by atoms with Crippen molar-refractivity contribution in [1.29, 1.82) is 0 Å². The number of carbonyl (C=O) groups is 1. The summed E-state index contributed by atoms with van der Waals surface area (Å²) >= 11 is 0. The monoisotopic (exact) mass is 360 g/mol. The van der Waals surface area contributed by atoms with Gasteiger partial charge in [0.25, 0.3) is 0 Å². The van der Waals surface area contributed by atoms with Crippen molar-refractivity contribution in [3.63, 3.8) is 0 Å². The van der Waals surface area contributed by atoms with Crippen LogP contribution in [0.3, 0.4) is 0 Å². The Labute approximate surface area is 154 Å². The zero-order valence-corrected chi connectivity index (χ0v) is 15.2. The first-order valence-electron chi connectivity index (χ1n) is 8.96. The maximum Gasteiger partial charge on any atom is 0.224 e. The minimum Gasteiger partial charge on any atom is -0.326 e. The number of nitrogens with zero attached hydrogens (tertiary/aromatic N) is 2. The van der Waals surface area contributed by atoms with Crippen LogP contribution in [0.15, 0.2) is 24.3 Å². The van der Waals surface area contributed by atoms with E-state index in [-0.39, 0.29) is 18.3 Å². The molecule has 0 fully saturated rings. The van der Waals surface area contributed by atoms with Gasteiger partial charge < -0.3 is 10.6 Å². The number of aromatic nitrogens is 2. The molecular weight excluding hydrogens is 336 g/mol. The van der Waals surface area contributed by atoms with Crippen LogP contribution in [-0.4, -0.2) is 22.2 Å². The Morgan fingerprint density at radius 2 is 2.20 bits per heavy atom. The number of hydrogen-bond donors (Lipinski definition) is 2. The van der Waals surface area contributed by atoms with Crippen LogP contribution in [-0.2, 0) is 37.1 Å². The van der Waals surface area contributed by atoms with Crippen LogP contribution in [0.4, 0.5) is 5.69 Å². The normalized spacial score (nSPS) is 15.7. The molecular formula is C19H25ClN4O. The van der Waals surface area contributed by atoms with E-state index in [9.17, 15) is 4.79 Å². The van der Waals surface area contributed by atoms with Crippen LogP contribution < -0.4 is 10.6 Å². The molecule has 0 saturated carbocycles. The standard InChI is InChI=1S/C19H24N4O.ClH/c24-19(21-18-7-2-5-14-4-1-6-17(14)18)9-8-15-12-16-13-20-10-3-11-23(16)22-15;/h2,5,7,12,20H,1,3-4,6,8-11,13H2,(H,21,24);1H. The number of fused-ring (bicyclic) bond motifs is 2. The average Bonchev–Trinajstić information content (AvgIpc) is 3.16. The maximum atomic E-state index is 12.3. The number of halogens is 1. The van der Waals surface area contributed by atoms with E-state index in [4.69, 9.17) is 0 Å². The van der Waals surface area contributed by atoms with Crippen molar-refractivity contribution in [2.75, 3.05) is 11.9 Å². The summed E-state index contributed by atoms with van der Waals surface area (Å²) in [4.78, 5) is 12.3. The third-order valence-electron chi connectivity index (χ3n) is 4.97. The largest absolute Gasteiger partial charge is 0.326 e. The van der Waals surface area contributed by atoms with E-state index in [1.165, 1.54) is 23.2 Å². The van der Waals surface area contributed by atoms with Crippen LogP contribution in [0.2, 0.25) is 0 Å². The number of carbonyl (C=O) groups excluding carboxylic acids is 1. The summed E-state index contributed by atoms with van der Waals surface area (Å²) in [6.07, 6.45) is 5.68. The SMILES string of the molecule is Cl.O=C(CCc1cc2n(n1)CCCNC2)Nc1cccc2c1CCC2. The highest BCUT2D eigenvalue weighted by atomic mass is 35.5. The molecule has 2 N–H and O–H groups in total. The lowest BCUT2D eigenvalue weighted by Crippen LogP contribution is -2.14. The molecule has 2 aromatic rings. The van der Waals surface area contributed by atoms with E-state index in [1.807, 2.05) is 12.1 Å². The van der Waals surface area contributed by atoms with E-state index < -0.39 is 0 Å². The number of anilines is 1. The number of rotatable bonds is 4. The highest BCUT2D eigenvalue weighted by Gasteiger charge is 2.16. The third kappa shape index (κ3) is 4.05. The summed E-state index contributed by atoms with van der Waals surface area (Å²) < 4.78 is 2.08. The second-order valence-corrected chi connectivity index (χ2v) is 6.73. The summed E-state index contributed by atoms with van der Waals surface area (Å²) in [5.74, 6) is 0.0802. The summed E-state index contributed by atoms with van der Waals surface area (Å²) in [6, 6.07) is 8.36. The van der Waals surface area contributed by atoms with E-state index in [0.717, 1.165) is 50.3 Å². The number of benzene rings is 1. The van der Waals surface area contributed by atoms with Gasteiger partial charge in [0, 0.05) is 31.6 Å². The van der Waals surface area contributed by atoms with Crippen molar-refractivity contribution in [3.8, 4) is 0 Å². The Balaban J connectivity index is 0.00000182. The molecule has 0 unspecified atom stereocenters. The molecule has 2 aliphatic rings. The van der Waals surface area contributed by atoms with Gasteiger partial charge in [-0.25, -0.2) is 0 Å². The van der Waals surface area contributed by atoms with Crippen LogP contribution in [0.1, 0.15) is 41.8 Å². The molecule has 1 aromatic heterocycles. The number of aryl methyl sites for hydroxylation is 3. The predicted octanol–water partition coefficient (Wildman–Crippen LogP) is 2.86. The molecule has 6 heteroatoms. The Morgan fingerprint density at radius 3 is 3.12 bits per heavy atom. The molecule has 1 aliphatic heterocycles. The summed E-state index contributed by atoms with van der Waals surface area (Å²) in [5, 5.41) is 11.1. The molecule has 0 radical (unpaired) electrons. The lowest BCUT2D eigenvalue weighted by atomic mass is 10.1. The predicted molar refractivity (Wildman–Crippen MR) is 101 cm³/mol. The van der Waals surface area contributed by atoms with E-state index in [2.05, 4.69) is 32.5 Å². The second kappa shape index (κ2) is 8.02. The van der Waals surface area contributed by atoms with Crippen LogP contribution >= 0.6 is 12.4 Å². The molecule has 25 heavy (non-hydrogen) atoms. The van der Waals surface area contributed by atoms with E-state index in [0.29, 0.717) is 12.8 Å². The lowest BCUT2D eigenvalue weighted by Gasteiger charge is -2.10. The summed E-state index contributed by atoms with van der Waals surface area (Å²) in [7, 11) is 0. The summed E-state index contributed by atoms with van der Waals surface area (Å²) in [5.41, 5.74) is 5.95. The zero-order valence-electron chi connectivity index (χ0n) is 14.4. The van der Waals surface area contributed by atoms with Crippen molar-refractivity contribution < 1.29 is 4.79 Å². The first kappa shape index (κ1) is 18.0. The number of nitrogens with one attached hydrogen (secondary N) is 2.